The van der Waals surface area contributed by atoms with Crippen molar-refractivity contribution in [2.24, 2.45) is 4.99 Å². The number of aromatic nitrogens is 2. The van der Waals surface area contributed by atoms with Crippen molar-refractivity contribution in [3.63, 3.8) is 0 Å². The Hall–Kier alpha value is -1.89. The molecule has 1 aromatic heterocycles. The molecule has 1 unspecified atom stereocenters. The molecule has 2 aromatic rings. The van der Waals surface area contributed by atoms with Crippen LogP contribution in [0.3, 0.4) is 0 Å². The molecule has 3 rings (SSSR count). The van der Waals surface area contributed by atoms with Gasteiger partial charge in [0.05, 0.1) is 11.4 Å². The molecule has 1 aliphatic heterocycles. The molecule has 0 amide bonds. The minimum atomic E-state index is -4.21. The maximum Gasteiger partial charge on any atom is 0.403 e. The summed E-state index contributed by atoms with van der Waals surface area (Å²) in [6, 6.07) is 6.54. The summed E-state index contributed by atoms with van der Waals surface area (Å²) in [5.41, 5.74) is 1.64. The largest absolute Gasteiger partial charge is 0.403 e. The predicted octanol–water partition coefficient (Wildman–Crippen LogP) is 3.32. The molecule has 1 aliphatic rings. The van der Waals surface area contributed by atoms with Gasteiger partial charge in [-0.25, -0.2) is 9.07 Å². The van der Waals surface area contributed by atoms with Gasteiger partial charge in [-0.3, -0.25) is 9.89 Å². The van der Waals surface area contributed by atoms with Crippen molar-refractivity contribution in [3.8, 4) is 5.69 Å². The summed E-state index contributed by atoms with van der Waals surface area (Å²) < 4.78 is 53.4. The molecule has 11 heteroatoms. The van der Waals surface area contributed by atoms with Crippen LogP contribution < -0.4 is 5.32 Å². The minimum Gasteiger partial charge on any atom is -0.356 e. The van der Waals surface area contributed by atoms with Gasteiger partial charge >= 0.3 is 6.18 Å². The number of nitrogens with zero attached hydrogens (tertiary/aromatic N) is 5. The molecule has 6 nitrogen and oxygen atoms in total. The predicted molar refractivity (Wildman–Crippen MR) is 123 cm³/mol. The molecular weight excluding hydrogens is 527 g/mol. The van der Waals surface area contributed by atoms with Crippen molar-refractivity contribution in [3.05, 3.63) is 48.0 Å². The van der Waals surface area contributed by atoms with Crippen LogP contribution in [0.4, 0.5) is 17.6 Å². The SMILES string of the molecule is CN=C(NCCc1ccn(-c2ccc(F)cc2)n1)N1CCN(C(C)C(F)(F)F)CC1.I. The van der Waals surface area contributed by atoms with Gasteiger partial charge in [-0.1, -0.05) is 0 Å². The van der Waals surface area contributed by atoms with E-state index in [1.54, 1.807) is 23.9 Å². The van der Waals surface area contributed by atoms with Gasteiger partial charge in [-0.2, -0.15) is 18.3 Å². The molecule has 0 saturated carbocycles. The Morgan fingerprint density at radius 2 is 1.77 bits per heavy atom. The van der Waals surface area contributed by atoms with Crippen LogP contribution >= 0.6 is 24.0 Å². The Balaban J connectivity index is 0.00000341. The van der Waals surface area contributed by atoms with Gasteiger partial charge in [-0.15, -0.1) is 24.0 Å². The lowest BCUT2D eigenvalue weighted by Gasteiger charge is -2.39. The number of hydrogen-bond acceptors (Lipinski definition) is 3. The van der Waals surface area contributed by atoms with Crippen molar-refractivity contribution >= 4 is 29.9 Å². The molecule has 0 bridgehead atoms. The fraction of sp³-hybridized carbons (Fsp3) is 0.500. The number of benzene rings is 1. The highest BCUT2D eigenvalue weighted by molar-refractivity contribution is 14.0. The average molecular weight is 554 g/mol. The number of halogens is 5. The zero-order chi connectivity index (χ0) is 21.7. The van der Waals surface area contributed by atoms with E-state index in [0.29, 0.717) is 45.1 Å². The molecule has 1 aromatic carbocycles. The summed E-state index contributed by atoms with van der Waals surface area (Å²) in [6.45, 7) is 3.44. The Labute approximate surface area is 196 Å². The lowest BCUT2D eigenvalue weighted by Crippen LogP contribution is -2.56. The van der Waals surface area contributed by atoms with Crippen LogP contribution in [-0.4, -0.2) is 77.5 Å². The lowest BCUT2D eigenvalue weighted by molar-refractivity contribution is -0.181. The lowest BCUT2D eigenvalue weighted by atomic mass is 10.2. The van der Waals surface area contributed by atoms with Gasteiger partial charge in [0.2, 0.25) is 0 Å². The number of guanidine groups is 1. The van der Waals surface area contributed by atoms with Crippen LogP contribution in [0.5, 0.6) is 0 Å². The minimum absolute atomic E-state index is 0. The van der Waals surface area contributed by atoms with E-state index in [1.807, 2.05) is 17.2 Å². The summed E-state index contributed by atoms with van der Waals surface area (Å²) in [6.07, 6.45) is -1.74. The molecule has 1 N–H and O–H groups in total. The second kappa shape index (κ2) is 11.1. The van der Waals surface area contributed by atoms with Gasteiger partial charge in [0, 0.05) is 52.4 Å². The van der Waals surface area contributed by atoms with Crippen LogP contribution in [0.2, 0.25) is 0 Å². The maximum absolute atomic E-state index is 13.0. The van der Waals surface area contributed by atoms with E-state index in [-0.39, 0.29) is 29.8 Å². The average Bonchev–Trinajstić information content (AvgIpc) is 3.19. The quantitative estimate of drug-likeness (QED) is 0.267. The van der Waals surface area contributed by atoms with Crippen LogP contribution in [0.1, 0.15) is 12.6 Å². The number of hydrogen-bond donors (Lipinski definition) is 1. The first-order valence-electron chi connectivity index (χ1n) is 9.85. The van der Waals surface area contributed by atoms with Crippen molar-refractivity contribution in [1.82, 2.24) is 24.9 Å². The van der Waals surface area contributed by atoms with Gasteiger partial charge in [0.1, 0.15) is 11.9 Å². The second-order valence-corrected chi connectivity index (χ2v) is 7.19. The second-order valence-electron chi connectivity index (χ2n) is 7.19. The summed E-state index contributed by atoms with van der Waals surface area (Å²) in [4.78, 5) is 7.67. The molecule has 1 saturated heterocycles. The Morgan fingerprint density at radius 3 is 2.35 bits per heavy atom. The first-order chi connectivity index (χ1) is 14.3. The maximum atomic E-state index is 13.0. The molecular formula is C20H27F4IN6. The van der Waals surface area contributed by atoms with Gasteiger partial charge < -0.3 is 10.2 Å². The molecule has 0 radical (unpaired) electrons. The number of rotatable bonds is 5. The Morgan fingerprint density at radius 1 is 1.13 bits per heavy atom. The summed E-state index contributed by atoms with van der Waals surface area (Å²) in [7, 11) is 1.66. The van der Waals surface area contributed by atoms with E-state index in [9.17, 15) is 17.6 Å². The standard InChI is InChI=1S/C20H26F4N6.HI/c1-15(20(22,23)24)28-11-13-29(14-12-28)19(25-2)26-9-7-17-8-10-30(27-17)18-5-3-16(21)4-6-18;/h3-6,8,10,15H,7,9,11-14H2,1-2H3,(H,25,26);1H. The first-order valence-corrected chi connectivity index (χ1v) is 9.85. The van der Waals surface area contributed by atoms with Crippen LogP contribution in [0.15, 0.2) is 41.5 Å². The van der Waals surface area contributed by atoms with E-state index < -0.39 is 12.2 Å². The van der Waals surface area contributed by atoms with Crippen LogP contribution in [0.25, 0.3) is 5.69 Å². The van der Waals surface area contributed by atoms with Crippen LogP contribution in [-0.2, 0) is 6.42 Å². The first kappa shape index (κ1) is 25.4. The highest BCUT2D eigenvalue weighted by atomic mass is 127. The van der Waals surface area contributed by atoms with Crippen molar-refractivity contribution in [2.75, 3.05) is 39.8 Å². The van der Waals surface area contributed by atoms with Crippen LogP contribution in [0, 0.1) is 5.82 Å². The number of aliphatic imine (C=N–C) groups is 1. The van der Waals surface area contributed by atoms with Crippen molar-refractivity contribution < 1.29 is 17.6 Å². The van der Waals surface area contributed by atoms with Crippen molar-refractivity contribution in [1.29, 1.82) is 0 Å². The van der Waals surface area contributed by atoms with E-state index >= 15 is 0 Å². The number of piperazine rings is 1. The molecule has 0 spiro atoms. The summed E-state index contributed by atoms with van der Waals surface area (Å²) in [5.74, 6) is 0.377. The zero-order valence-electron chi connectivity index (χ0n) is 17.4. The molecule has 2 heterocycles. The number of alkyl halides is 3. The van der Waals surface area contributed by atoms with Gasteiger partial charge in [0.25, 0.3) is 0 Å². The highest BCUT2D eigenvalue weighted by Crippen LogP contribution is 2.25. The summed E-state index contributed by atoms with van der Waals surface area (Å²) >= 11 is 0. The molecule has 31 heavy (non-hydrogen) atoms. The third-order valence-corrected chi connectivity index (χ3v) is 5.25. The number of nitrogens with one attached hydrogen (secondary N) is 1. The third kappa shape index (κ3) is 6.79. The summed E-state index contributed by atoms with van der Waals surface area (Å²) in [5, 5.41) is 7.74. The normalized spacial score (nSPS) is 16.7. The smallest absolute Gasteiger partial charge is 0.356 e. The Bertz CT molecular complexity index is 844. The zero-order valence-corrected chi connectivity index (χ0v) is 19.8. The van der Waals surface area contributed by atoms with Gasteiger partial charge in [0.15, 0.2) is 5.96 Å². The fourth-order valence-corrected chi connectivity index (χ4v) is 3.40. The fourth-order valence-electron chi connectivity index (χ4n) is 3.40. The monoisotopic (exact) mass is 554 g/mol. The topological polar surface area (TPSA) is 48.7 Å². The molecule has 172 valence electrons. The van der Waals surface area contributed by atoms with Crippen molar-refractivity contribution in [2.45, 2.75) is 25.6 Å². The highest BCUT2D eigenvalue weighted by Gasteiger charge is 2.41. The van der Waals surface area contributed by atoms with E-state index in [1.165, 1.54) is 24.0 Å². The molecule has 1 fully saturated rings. The van der Waals surface area contributed by atoms with E-state index in [0.717, 1.165) is 11.4 Å². The Kier molecular flexibility index (Phi) is 9.10. The molecule has 1 atom stereocenters. The third-order valence-electron chi connectivity index (χ3n) is 5.25. The molecule has 0 aliphatic carbocycles. The van der Waals surface area contributed by atoms with Gasteiger partial charge in [-0.05, 0) is 37.3 Å². The van der Waals surface area contributed by atoms with E-state index in [4.69, 9.17) is 0 Å². The van der Waals surface area contributed by atoms with E-state index in [2.05, 4.69) is 15.4 Å².